The summed E-state index contributed by atoms with van der Waals surface area (Å²) in [6, 6.07) is 9.26. The minimum Gasteiger partial charge on any atom is -0.406 e. The minimum absolute atomic E-state index is 0.237. The summed E-state index contributed by atoms with van der Waals surface area (Å²) in [5.41, 5.74) is 1.36. The van der Waals surface area contributed by atoms with Crippen molar-refractivity contribution in [2.75, 3.05) is 0 Å². The number of nitrogens with zero attached hydrogens (tertiary/aromatic N) is 1. The zero-order valence-electron chi connectivity index (χ0n) is 8.61. The van der Waals surface area contributed by atoms with Gasteiger partial charge >= 0.3 is 6.36 Å². The fraction of sp³-hybridized carbons (Fsp3) is 0.0833. The smallest absolute Gasteiger partial charge is 0.406 e. The Morgan fingerprint density at radius 2 is 1.76 bits per heavy atom. The van der Waals surface area contributed by atoms with Crippen LogP contribution in [0.5, 0.6) is 5.75 Å². The second-order valence-corrected chi connectivity index (χ2v) is 3.32. The fourth-order valence-electron chi connectivity index (χ4n) is 1.41. The maximum Gasteiger partial charge on any atom is 0.573 e. The Morgan fingerprint density at radius 1 is 1.00 bits per heavy atom. The zero-order chi connectivity index (χ0) is 12.3. The topological polar surface area (TPSA) is 22.1 Å². The van der Waals surface area contributed by atoms with Gasteiger partial charge in [-0.3, -0.25) is 4.98 Å². The van der Waals surface area contributed by atoms with Gasteiger partial charge in [0.2, 0.25) is 0 Å². The van der Waals surface area contributed by atoms with E-state index in [-0.39, 0.29) is 5.75 Å². The summed E-state index contributed by atoms with van der Waals surface area (Å²) in [4.78, 5) is 3.90. The number of ether oxygens (including phenoxy) is 1. The molecule has 5 heteroatoms. The van der Waals surface area contributed by atoms with Gasteiger partial charge in [0.25, 0.3) is 0 Å². The molecule has 2 aromatic rings. The van der Waals surface area contributed by atoms with Gasteiger partial charge in [0, 0.05) is 18.0 Å². The first kappa shape index (κ1) is 11.4. The summed E-state index contributed by atoms with van der Waals surface area (Å²) in [5.74, 6) is -0.237. The first-order valence-electron chi connectivity index (χ1n) is 4.81. The van der Waals surface area contributed by atoms with E-state index in [1.807, 2.05) is 0 Å². The van der Waals surface area contributed by atoms with Crippen molar-refractivity contribution in [3.05, 3.63) is 48.8 Å². The summed E-state index contributed by atoms with van der Waals surface area (Å²) in [7, 11) is 0. The maximum atomic E-state index is 12.0. The van der Waals surface area contributed by atoms with Crippen molar-refractivity contribution in [2.45, 2.75) is 6.36 Å². The molecular weight excluding hydrogens is 231 g/mol. The lowest BCUT2D eigenvalue weighted by molar-refractivity contribution is -0.274. The van der Waals surface area contributed by atoms with Crippen molar-refractivity contribution >= 4 is 0 Å². The molecular formula is C12H8F3NO. The zero-order valence-corrected chi connectivity index (χ0v) is 8.61. The van der Waals surface area contributed by atoms with Crippen molar-refractivity contribution in [3.8, 4) is 16.9 Å². The summed E-state index contributed by atoms with van der Waals surface area (Å²) in [6.45, 7) is 0. The van der Waals surface area contributed by atoms with E-state index in [1.165, 1.54) is 18.2 Å². The molecule has 0 amide bonds. The van der Waals surface area contributed by atoms with E-state index < -0.39 is 6.36 Å². The van der Waals surface area contributed by atoms with Crippen LogP contribution in [0, 0.1) is 0 Å². The van der Waals surface area contributed by atoms with Gasteiger partial charge in [0.15, 0.2) is 0 Å². The number of hydrogen-bond acceptors (Lipinski definition) is 2. The molecule has 0 aliphatic heterocycles. The molecule has 2 rings (SSSR count). The molecule has 0 fully saturated rings. The highest BCUT2D eigenvalue weighted by molar-refractivity contribution is 5.63. The van der Waals surface area contributed by atoms with Gasteiger partial charge in [-0.15, -0.1) is 13.2 Å². The van der Waals surface area contributed by atoms with Crippen molar-refractivity contribution < 1.29 is 17.9 Å². The van der Waals surface area contributed by atoms with Gasteiger partial charge < -0.3 is 4.74 Å². The number of benzene rings is 1. The highest BCUT2D eigenvalue weighted by Gasteiger charge is 2.31. The Kier molecular flexibility index (Phi) is 2.99. The molecule has 0 N–H and O–H groups in total. The van der Waals surface area contributed by atoms with E-state index in [9.17, 15) is 13.2 Å². The van der Waals surface area contributed by atoms with Gasteiger partial charge in [-0.05, 0) is 23.8 Å². The predicted molar refractivity (Wildman–Crippen MR) is 56.4 cm³/mol. The van der Waals surface area contributed by atoms with Crippen LogP contribution < -0.4 is 4.74 Å². The van der Waals surface area contributed by atoms with Crippen molar-refractivity contribution in [1.29, 1.82) is 0 Å². The van der Waals surface area contributed by atoms with Crippen LogP contribution in [0.1, 0.15) is 0 Å². The lowest BCUT2D eigenvalue weighted by Gasteiger charge is -2.09. The van der Waals surface area contributed by atoms with Crippen LogP contribution in [0.2, 0.25) is 0 Å². The van der Waals surface area contributed by atoms with Crippen LogP contribution in [0.3, 0.4) is 0 Å². The molecule has 0 atom stereocenters. The second-order valence-electron chi connectivity index (χ2n) is 3.32. The molecule has 1 aromatic heterocycles. The molecule has 0 aliphatic rings. The quantitative estimate of drug-likeness (QED) is 0.798. The molecule has 0 saturated heterocycles. The molecule has 0 spiro atoms. The standard InChI is InChI=1S/C12H8F3NO/c13-12(14,15)17-11-5-1-3-9(7-11)10-4-2-6-16-8-10/h1-8H. The molecule has 0 radical (unpaired) electrons. The van der Waals surface area contributed by atoms with Crippen LogP contribution >= 0.6 is 0 Å². The third-order valence-electron chi connectivity index (χ3n) is 2.06. The largest absolute Gasteiger partial charge is 0.573 e. The Morgan fingerprint density at radius 3 is 2.41 bits per heavy atom. The third-order valence-corrected chi connectivity index (χ3v) is 2.06. The third kappa shape index (κ3) is 3.21. The normalized spacial score (nSPS) is 11.2. The van der Waals surface area contributed by atoms with E-state index in [4.69, 9.17) is 0 Å². The van der Waals surface area contributed by atoms with E-state index in [1.54, 1.807) is 30.6 Å². The first-order valence-corrected chi connectivity index (χ1v) is 4.81. The number of halogens is 3. The fourth-order valence-corrected chi connectivity index (χ4v) is 1.41. The van der Waals surface area contributed by atoms with Gasteiger partial charge in [-0.25, -0.2) is 0 Å². The van der Waals surface area contributed by atoms with E-state index in [2.05, 4.69) is 9.72 Å². The highest BCUT2D eigenvalue weighted by atomic mass is 19.4. The average molecular weight is 239 g/mol. The summed E-state index contributed by atoms with van der Waals surface area (Å²) < 4.78 is 40.0. The van der Waals surface area contributed by atoms with Gasteiger partial charge in [0.1, 0.15) is 5.75 Å². The van der Waals surface area contributed by atoms with Crippen LogP contribution in [-0.2, 0) is 0 Å². The van der Waals surface area contributed by atoms with Gasteiger partial charge in [-0.1, -0.05) is 18.2 Å². The Bertz CT molecular complexity index is 497. The summed E-state index contributed by atoms with van der Waals surface area (Å²) in [6.07, 6.45) is -1.50. The number of rotatable bonds is 2. The van der Waals surface area contributed by atoms with Crippen LogP contribution in [-0.4, -0.2) is 11.3 Å². The van der Waals surface area contributed by atoms with Gasteiger partial charge in [-0.2, -0.15) is 0 Å². The summed E-state index contributed by atoms with van der Waals surface area (Å²) in [5, 5.41) is 0. The monoisotopic (exact) mass is 239 g/mol. The molecule has 17 heavy (non-hydrogen) atoms. The van der Waals surface area contributed by atoms with E-state index in [0.717, 1.165) is 5.56 Å². The molecule has 0 aliphatic carbocycles. The molecule has 0 bridgehead atoms. The van der Waals surface area contributed by atoms with Crippen LogP contribution in [0.4, 0.5) is 13.2 Å². The lowest BCUT2D eigenvalue weighted by atomic mass is 10.1. The van der Waals surface area contributed by atoms with Crippen LogP contribution in [0.15, 0.2) is 48.8 Å². The second kappa shape index (κ2) is 4.45. The highest BCUT2D eigenvalue weighted by Crippen LogP contribution is 2.27. The number of aromatic nitrogens is 1. The molecule has 1 aromatic carbocycles. The minimum atomic E-state index is -4.67. The maximum absolute atomic E-state index is 12.0. The molecule has 2 nitrogen and oxygen atoms in total. The number of hydrogen-bond donors (Lipinski definition) is 0. The summed E-state index contributed by atoms with van der Waals surface area (Å²) >= 11 is 0. The Balaban J connectivity index is 2.29. The van der Waals surface area contributed by atoms with Crippen molar-refractivity contribution in [1.82, 2.24) is 4.98 Å². The number of pyridine rings is 1. The van der Waals surface area contributed by atoms with Gasteiger partial charge in [0.05, 0.1) is 0 Å². The molecule has 1 heterocycles. The first-order chi connectivity index (χ1) is 8.04. The lowest BCUT2D eigenvalue weighted by Crippen LogP contribution is -2.17. The SMILES string of the molecule is FC(F)(F)Oc1cccc(-c2cccnc2)c1. The molecule has 0 saturated carbocycles. The molecule has 0 unspecified atom stereocenters. The predicted octanol–water partition coefficient (Wildman–Crippen LogP) is 3.65. The number of alkyl halides is 3. The van der Waals surface area contributed by atoms with Crippen molar-refractivity contribution in [3.63, 3.8) is 0 Å². The van der Waals surface area contributed by atoms with E-state index in [0.29, 0.717) is 5.56 Å². The Labute approximate surface area is 95.7 Å². The Hall–Kier alpha value is -2.04. The average Bonchev–Trinajstić information content (AvgIpc) is 2.28. The van der Waals surface area contributed by atoms with E-state index >= 15 is 0 Å². The van der Waals surface area contributed by atoms with Crippen LogP contribution in [0.25, 0.3) is 11.1 Å². The molecule has 88 valence electrons. The van der Waals surface area contributed by atoms with Crippen molar-refractivity contribution in [2.24, 2.45) is 0 Å².